The number of hydrogen-bond acceptors (Lipinski definition) is 3. The molecule has 0 radical (unpaired) electrons. The fourth-order valence-corrected chi connectivity index (χ4v) is 7.63. The summed E-state index contributed by atoms with van der Waals surface area (Å²) in [7, 11) is -4.23. The van der Waals surface area contributed by atoms with Crippen LogP contribution in [-0.4, -0.2) is 15.0 Å². The van der Waals surface area contributed by atoms with E-state index in [4.69, 9.17) is 0 Å². The topological polar surface area (TPSA) is 43.4 Å². The van der Waals surface area contributed by atoms with Gasteiger partial charge in [-0.1, -0.05) is 24.3 Å². The van der Waals surface area contributed by atoms with Crippen LogP contribution in [0.1, 0.15) is 0 Å². The van der Waals surface area contributed by atoms with Gasteiger partial charge in [0.05, 0.1) is 0 Å². The fourth-order valence-electron chi connectivity index (χ4n) is 2.93. The highest BCUT2D eigenvalue weighted by atomic mass is 32.2. The normalized spacial score (nSPS) is 15.3. The molecule has 0 saturated carbocycles. The summed E-state index contributed by atoms with van der Waals surface area (Å²) in [5.74, 6) is 0.0681. The summed E-state index contributed by atoms with van der Waals surface area (Å²) in [5.41, 5.74) is 0. The van der Waals surface area contributed by atoms with Crippen molar-refractivity contribution in [1.29, 1.82) is 0 Å². The molecule has 0 aromatic heterocycles. The van der Waals surface area contributed by atoms with Crippen LogP contribution >= 0.6 is 0 Å². The summed E-state index contributed by atoms with van der Waals surface area (Å²) in [6, 6.07) is 20.2. The van der Waals surface area contributed by atoms with Crippen molar-refractivity contribution < 1.29 is 21.9 Å². The summed E-state index contributed by atoms with van der Waals surface area (Å²) >= 11 is 0. The zero-order valence-corrected chi connectivity index (χ0v) is 14.9. The first-order valence-electron chi connectivity index (χ1n) is 7.71. The standard InChI is InChI=1S/C19H13F2O3S2/c20-19(21)24-13-9-11-14(12-10-13)25-15-5-1-3-7-17(15)26(22,23)18-8-4-2-6-16(18)25/h1-12,19H/q+1. The van der Waals surface area contributed by atoms with Gasteiger partial charge < -0.3 is 4.74 Å². The molecule has 0 spiro atoms. The second-order valence-corrected chi connectivity index (χ2v) is 9.40. The molecular formula is C19H13F2O3S2+. The first-order valence-corrected chi connectivity index (χ1v) is 10.4. The molecule has 3 nitrogen and oxygen atoms in total. The predicted molar refractivity (Wildman–Crippen MR) is 93.6 cm³/mol. The van der Waals surface area contributed by atoms with Crippen molar-refractivity contribution >= 4 is 20.7 Å². The Kier molecular flexibility index (Phi) is 4.20. The molecule has 0 aliphatic carbocycles. The van der Waals surface area contributed by atoms with Gasteiger partial charge in [-0.25, -0.2) is 8.42 Å². The van der Waals surface area contributed by atoms with Crippen LogP contribution in [0.4, 0.5) is 8.78 Å². The second-order valence-electron chi connectivity index (χ2n) is 5.55. The zero-order valence-electron chi connectivity index (χ0n) is 13.3. The van der Waals surface area contributed by atoms with Gasteiger partial charge in [-0.05, 0) is 48.5 Å². The van der Waals surface area contributed by atoms with E-state index >= 15 is 0 Å². The summed E-state index contributed by atoms with van der Waals surface area (Å²) < 4.78 is 55.0. The van der Waals surface area contributed by atoms with Gasteiger partial charge >= 0.3 is 6.61 Å². The zero-order chi connectivity index (χ0) is 18.3. The first kappa shape index (κ1) is 17.1. The molecule has 0 atom stereocenters. The lowest BCUT2D eigenvalue weighted by atomic mass is 10.3. The smallest absolute Gasteiger partial charge is 0.387 e. The summed E-state index contributed by atoms with van der Waals surface area (Å²) in [6.07, 6.45) is 0. The van der Waals surface area contributed by atoms with Crippen molar-refractivity contribution in [3.05, 3.63) is 72.8 Å². The Morgan fingerprint density at radius 2 is 1.27 bits per heavy atom. The number of halogens is 2. The van der Waals surface area contributed by atoms with Crippen molar-refractivity contribution in [1.82, 2.24) is 0 Å². The Bertz CT molecular complexity index is 1010. The molecule has 1 aliphatic rings. The molecule has 3 aromatic rings. The second kappa shape index (κ2) is 6.41. The molecule has 132 valence electrons. The van der Waals surface area contributed by atoms with E-state index in [0.29, 0.717) is 9.79 Å². The van der Waals surface area contributed by atoms with Gasteiger partial charge in [0, 0.05) is 0 Å². The van der Waals surface area contributed by atoms with Crippen LogP contribution < -0.4 is 4.74 Å². The molecule has 0 N–H and O–H groups in total. The summed E-state index contributed by atoms with van der Waals surface area (Å²) in [4.78, 5) is 2.81. The van der Waals surface area contributed by atoms with Gasteiger partial charge in [-0.2, -0.15) is 8.78 Å². The third-order valence-corrected chi connectivity index (χ3v) is 8.47. The van der Waals surface area contributed by atoms with E-state index in [1.807, 2.05) is 0 Å². The minimum absolute atomic E-state index is 0.0681. The van der Waals surface area contributed by atoms with Crippen LogP contribution in [-0.2, 0) is 20.7 Å². The van der Waals surface area contributed by atoms with Gasteiger partial charge in [0.1, 0.15) is 26.4 Å². The van der Waals surface area contributed by atoms with Crippen LogP contribution in [0.5, 0.6) is 5.75 Å². The maximum Gasteiger partial charge on any atom is 0.387 e. The number of alkyl halides is 2. The van der Waals surface area contributed by atoms with E-state index in [2.05, 4.69) is 4.74 Å². The molecule has 4 rings (SSSR count). The number of benzene rings is 3. The third-order valence-electron chi connectivity index (χ3n) is 4.00. The molecule has 26 heavy (non-hydrogen) atoms. The Morgan fingerprint density at radius 1 is 0.769 bits per heavy atom. The van der Waals surface area contributed by atoms with Gasteiger partial charge in [0.25, 0.3) is 0 Å². The van der Waals surface area contributed by atoms with Crippen molar-refractivity contribution in [3.63, 3.8) is 0 Å². The molecular weight excluding hydrogens is 378 g/mol. The van der Waals surface area contributed by atoms with Gasteiger partial charge in [0.15, 0.2) is 14.7 Å². The molecule has 3 aromatic carbocycles. The molecule has 1 aliphatic heterocycles. The number of sulfone groups is 1. The van der Waals surface area contributed by atoms with Gasteiger partial charge in [0.2, 0.25) is 9.84 Å². The van der Waals surface area contributed by atoms with Crippen molar-refractivity contribution in [2.24, 2.45) is 0 Å². The number of rotatable bonds is 3. The number of ether oxygens (including phenoxy) is 1. The highest BCUT2D eigenvalue weighted by Gasteiger charge is 2.44. The largest absolute Gasteiger partial charge is 0.435 e. The monoisotopic (exact) mass is 391 g/mol. The van der Waals surface area contributed by atoms with Gasteiger partial charge in [-0.3, -0.25) is 0 Å². The average molecular weight is 391 g/mol. The fraction of sp³-hybridized carbons (Fsp3) is 0.0526. The Balaban J connectivity index is 1.90. The van der Waals surface area contributed by atoms with E-state index in [1.165, 1.54) is 12.1 Å². The molecule has 0 unspecified atom stereocenters. The quantitative estimate of drug-likeness (QED) is 0.482. The van der Waals surface area contributed by atoms with E-state index in [9.17, 15) is 17.2 Å². The highest BCUT2D eigenvalue weighted by Crippen LogP contribution is 2.44. The number of hydrogen-bond donors (Lipinski definition) is 0. The average Bonchev–Trinajstić information content (AvgIpc) is 2.63. The van der Waals surface area contributed by atoms with Crippen molar-refractivity contribution in [2.75, 3.05) is 0 Å². The number of fused-ring (bicyclic) bond motifs is 2. The summed E-state index contributed by atoms with van der Waals surface area (Å²) in [5, 5.41) is 0. The van der Waals surface area contributed by atoms with Crippen LogP contribution in [0, 0.1) is 0 Å². The van der Waals surface area contributed by atoms with Crippen LogP contribution in [0.15, 0.2) is 97.3 Å². The lowest BCUT2D eigenvalue weighted by molar-refractivity contribution is -0.0498. The van der Waals surface area contributed by atoms with E-state index in [1.54, 1.807) is 60.7 Å². The van der Waals surface area contributed by atoms with Crippen LogP contribution in [0.2, 0.25) is 0 Å². The minimum atomic E-state index is -3.58. The molecule has 1 heterocycles. The molecule has 0 fully saturated rings. The molecule has 0 amide bonds. The highest BCUT2D eigenvalue weighted by molar-refractivity contribution is 8.00. The van der Waals surface area contributed by atoms with Crippen molar-refractivity contribution in [3.8, 4) is 5.75 Å². The van der Waals surface area contributed by atoms with E-state index in [-0.39, 0.29) is 15.5 Å². The lowest BCUT2D eigenvalue weighted by Gasteiger charge is -2.19. The van der Waals surface area contributed by atoms with Crippen LogP contribution in [0.3, 0.4) is 0 Å². The van der Waals surface area contributed by atoms with Gasteiger partial charge in [-0.15, -0.1) is 0 Å². The van der Waals surface area contributed by atoms with Crippen LogP contribution in [0.25, 0.3) is 0 Å². The van der Waals surface area contributed by atoms with E-state index < -0.39 is 27.3 Å². The molecule has 0 saturated heterocycles. The third kappa shape index (κ3) is 2.77. The Morgan fingerprint density at radius 3 is 1.77 bits per heavy atom. The lowest BCUT2D eigenvalue weighted by Crippen LogP contribution is -2.20. The Labute approximate surface area is 152 Å². The molecule has 7 heteroatoms. The maximum absolute atomic E-state index is 12.9. The van der Waals surface area contributed by atoms with E-state index in [0.717, 1.165) is 4.90 Å². The predicted octanol–water partition coefficient (Wildman–Crippen LogP) is 4.53. The molecule has 0 bridgehead atoms. The van der Waals surface area contributed by atoms with Crippen molar-refractivity contribution in [2.45, 2.75) is 31.1 Å². The SMILES string of the molecule is O=S1(=O)c2ccccc2[S+](c2ccc(OC(F)F)cc2)c2ccccc21. The minimum Gasteiger partial charge on any atom is -0.435 e. The summed E-state index contributed by atoms with van der Waals surface area (Å²) in [6.45, 7) is -2.88. The Hall–Kier alpha value is -2.38. The maximum atomic E-state index is 12.9. The first-order chi connectivity index (χ1) is 12.5.